The zero-order valence-corrected chi connectivity index (χ0v) is 17.7. The summed E-state index contributed by atoms with van der Waals surface area (Å²) in [6.07, 6.45) is 4.39. The molecule has 28 heavy (non-hydrogen) atoms. The van der Waals surface area contributed by atoms with Gasteiger partial charge in [-0.05, 0) is 33.1 Å². The Bertz CT molecular complexity index is 693. The fourth-order valence-corrected chi connectivity index (χ4v) is 3.71. The summed E-state index contributed by atoms with van der Waals surface area (Å²) < 4.78 is 1.91. The third kappa shape index (κ3) is 6.50. The van der Waals surface area contributed by atoms with Crippen molar-refractivity contribution >= 4 is 29.6 Å². The second-order valence-electron chi connectivity index (χ2n) is 6.89. The first kappa shape index (κ1) is 22.2. The number of aromatic nitrogens is 3. The summed E-state index contributed by atoms with van der Waals surface area (Å²) in [5, 5.41) is 14.0. The van der Waals surface area contributed by atoms with Crippen LogP contribution in [0.5, 0.6) is 0 Å². The lowest BCUT2D eigenvalue weighted by Crippen LogP contribution is -2.43. The van der Waals surface area contributed by atoms with Gasteiger partial charge in [-0.25, -0.2) is 4.79 Å². The first-order valence-electron chi connectivity index (χ1n) is 9.87. The molecule has 0 radical (unpaired) electrons. The number of carbonyl (C=O) groups excluding carboxylic acids is 3. The van der Waals surface area contributed by atoms with Crippen LogP contribution in [0.1, 0.15) is 58.7 Å². The van der Waals surface area contributed by atoms with Crippen LogP contribution in [0.15, 0.2) is 5.16 Å². The van der Waals surface area contributed by atoms with Crippen LogP contribution in [0.4, 0.5) is 4.79 Å². The maximum Gasteiger partial charge on any atom is 0.321 e. The van der Waals surface area contributed by atoms with Crippen LogP contribution in [0, 0.1) is 0 Å². The molecule has 0 aromatic carbocycles. The van der Waals surface area contributed by atoms with Gasteiger partial charge in [-0.2, -0.15) is 0 Å². The van der Waals surface area contributed by atoms with E-state index >= 15 is 0 Å². The summed E-state index contributed by atoms with van der Waals surface area (Å²) in [4.78, 5) is 37.8. The van der Waals surface area contributed by atoms with Crippen molar-refractivity contribution in [3.8, 4) is 0 Å². The Balaban J connectivity index is 1.91. The van der Waals surface area contributed by atoms with Crippen LogP contribution < -0.4 is 10.6 Å². The molecule has 1 fully saturated rings. The van der Waals surface area contributed by atoms with Crippen molar-refractivity contribution in [3.05, 3.63) is 5.82 Å². The molecule has 0 spiro atoms. The van der Waals surface area contributed by atoms with Crippen molar-refractivity contribution in [1.82, 2.24) is 30.3 Å². The molecule has 1 aliphatic rings. The highest BCUT2D eigenvalue weighted by Gasteiger charge is 2.21. The molecule has 1 saturated heterocycles. The summed E-state index contributed by atoms with van der Waals surface area (Å²) in [7, 11) is 0. The van der Waals surface area contributed by atoms with Gasteiger partial charge in [0.05, 0.1) is 12.3 Å². The lowest BCUT2D eigenvalue weighted by molar-refractivity contribution is -0.131. The van der Waals surface area contributed by atoms with E-state index in [4.69, 9.17) is 0 Å². The molecule has 0 aliphatic carbocycles. The van der Waals surface area contributed by atoms with E-state index in [0.29, 0.717) is 24.7 Å². The van der Waals surface area contributed by atoms with Gasteiger partial charge in [0.1, 0.15) is 0 Å². The summed E-state index contributed by atoms with van der Waals surface area (Å²) in [6.45, 7) is 7.62. The second kappa shape index (κ2) is 11.0. The molecular formula is C18H30N6O3S. The molecule has 1 aromatic heterocycles. The summed E-state index contributed by atoms with van der Waals surface area (Å²) in [5.74, 6) is 0.550. The van der Waals surface area contributed by atoms with Crippen molar-refractivity contribution in [1.29, 1.82) is 0 Å². The molecule has 2 N–H and O–H groups in total. The number of hydrogen-bond acceptors (Lipinski definition) is 6. The monoisotopic (exact) mass is 410 g/mol. The van der Waals surface area contributed by atoms with Gasteiger partial charge in [-0.1, -0.05) is 25.1 Å². The van der Waals surface area contributed by atoms with Gasteiger partial charge >= 0.3 is 6.03 Å². The molecule has 2 rings (SSSR count). The average molecular weight is 411 g/mol. The van der Waals surface area contributed by atoms with Gasteiger partial charge in [-0.3, -0.25) is 14.9 Å². The number of nitrogens with zero attached hydrogens (tertiary/aromatic N) is 4. The normalized spacial score (nSPS) is 15.8. The second-order valence-corrected chi connectivity index (χ2v) is 7.83. The van der Waals surface area contributed by atoms with Crippen molar-refractivity contribution in [3.63, 3.8) is 0 Å². The lowest BCUT2D eigenvalue weighted by Gasteiger charge is -2.20. The number of urea groups is 1. The molecule has 1 atom stereocenters. The highest BCUT2D eigenvalue weighted by atomic mass is 32.2. The number of rotatable bonds is 8. The van der Waals surface area contributed by atoms with Crippen molar-refractivity contribution < 1.29 is 14.4 Å². The van der Waals surface area contributed by atoms with Crippen LogP contribution in [0.2, 0.25) is 0 Å². The standard InChI is InChI=1S/C18H30N6O3S/c1-4-13(3)19-17(27)20-15(25)12-28-18-22-21-14(24(18)5-2)11-23-10-8-6-7-9-16(23)26/h13H,4-12H2,1-3H3,(H2,19,20,25,27)/t13-/m0/s1. The topological polar surface area (TPSA) is 109 Å². The Morgan fingerprint density at radius 2 is 2.00 bits per heavy atom. The Kier molecular flexibility index (Phi) is 8.75. The molecule has 10 heteroatoms. The predicted molar refractivity (Wildman–Crippen MR) is 107 cm³/mol. The molecular weight excluding hydrogens is 380 g/mol. The maximum absolute atomic E-state index is 12.2. The number of hydrogen-bond donors (Lipinski definition) is 2. The van der Waals surface area contributed by atoms with E-state index in [9.17, 15) is 14.4 Å². The van der Waals surface area contributed by atoms with Gasteiger partial charge < -0.3 is 14.8 Å². The zero-order valence-electron chi connectivity index (χ0n) is 16.9. The Morgan fingerprint density at radius 1 is 1.21 bits per heavy atom. The van der Waals surface area contributed by atoms with E-state index in [-0.39, 0.29) is 23.6 Å². The van der Waals surface area contributed by atoms with E-state index < -0.39 is 6.03 Å². The van der Waals surface area contributed by atoms with E-state index in [0.717, 1.165) is 38.1 Å². The van der Waals surface area contributed by atoms with Crippen LogP contribution in [-0.4, -0.2) is 55.8 Å². The fraction of sp³-hybridized carbons (Fsp3) is 0.722. The first-order valence-corrected chi connectivity index (χ1v) is 10.9. The highest BCUT2D eigenvalue weighted by Crippen LogP contribution is 2.19. The van der Waals surface area contributed by atoms with Crippen LogP contribution in [0.3, 0.4) is 0 Å². The van der Waals surface area contributed by atoms with Gasteiger partial charge in [0.2, 0.25) is 11.8 Å². The zero-order chi connectivity index (χ0) is 20.5. The van der Waals surface area contributed by atoms with E-state index in [2.05, 4.69) is 20.8 Å². The summed E-state index contributed by atoms with van der Waals surface area (Å²) >= 11 is 1.23. The van der Waals surface area contributed by atoms with Crippen LogP contribution in [0.25, 0.3) is 0 Å². The molecule has 156 valence electrons. The third-order valence-corrected chi connectivity index (χ3v) is 5.66. The molecule has 2 heterocycles. The molecule has 9 nitrogen and oxygen atoms in total. The summed E-state index contributed by atoms with van der Waals surface area (Å²) in [6, 6.07) is -0.481. The third-order valence-electron chi connectivity index (χ3n) is 4.69. The smallest absolute Gasteiger partial charge is 0.321 e. The largest absolute Gasteiger partial charge is 0.335 e. The number of nitrogens with one attached hydrogen (secondary N) is 2. The summed E-state index contributed by atoms with van der Waals surface area (Å²) in [5.41, 5.74) is 0. The average Bonchev–Trinajstić information content (AvgIpc) is 2.94. The van der Waals surface area contributed by atoms with Gasteiger partial charge in [-0.15, -0.1) is 10.2 Å². The number of imide groups is 1. The van der Waals surface area contributed by atoms with Gasteiger partial charge in [0, 0.05) is 25.6 Å². The molecule has 0 saturated carbocycles. The molecule has 1 aromatic rings. The van der Waals surface area contributed by atoms with Crippen LogP contribution in [-0.2, 0) is 22.7 Å². The molecule has 0 unspecified atom stereocenters. The Hall–Kier alpha value is -2.10. The fourth-order valence-electron chi connectivity index (χ4n) is 2.89. The van der Waals surface area contributed by atoms with E-state index in [1.54, 1.807) is 0 Å². The minimum atomic E-state index is -0.489. The minimum absolute atomic E-state index is 0.00731. The van der Waals surface area contributed by atoms with Crippen molar-refractivity contribution in [2.45, 2.75) is 77.2 Å². The minimum Gasteiger partial charge on any atom is -0.335 e. The van der Waals surface area contributed by atoms with Crippen molar-refractivity contribution in [2.75, 3.05) is 12.3 Å². The number of likely N-dealkylation sites (tertiary alicyclic amines) is 1. The Morgan fingerprint density at radius 3 is 2.71 bits per heavy atom. The number of carbonyl (C=O) groups is 3. The van der Waals surface area contributed by atoms with E-state index in [1.165, 1.54) is 11.8 Å². The quantitative estimate of drug-likeness (QED) is 0.634. The SMILES string of the molecule is CC[C@H](C)NC(=O)NC(=O)CSc1nnc(CN2CCCCCC2=O)n1CC. The van der Waals surface area contributed by atoms with Gasteiger partial charge in [0.15, 0.2) is 11.0 Å². The van der Waals surface area contributed by atoms with E-state index in [1.807, 2.05) is 30.2 Å². The maximum atomic E-state index is 12.2. The predicted octanol–water partition coefficient (Wildman–Crippen LogP) is 1.92. The van der Waals surface area contributed by atoms with Crippen molar-refractivity contribution in [2.24, 2.45) is 0 Å². The van der Waals surface area contributed by atoms with Gasteiger partial charge in [0.25, 0.3) is 0 Å². The number of thioether (sulfide) groups is 1. The molecule has 1 aliphatic heterocycles. The molecule has 0 bridgehead atoms. The van der Waals surface area contributed by atoms with Crippen LogP contribution >= 0.6 is 11.8 Å². The highest BCUT2D eigenvalue weighted by molar-refractivity contribution is 7.99. The Labute approximate surface area is 170 Å². The number of amides is 4. The molecule has 4 amide bonds. The first-order chi connectivity index (χ1) is 13.4. The lowest BCUT2D eigenvalue weighted by atomic mass is 10.2.